The van der Waals surface area contributed by atoms with Gasteiger partial charge < -0.3 is 19.9 Å². The van der Waals surface area contributed by atoms with Gasteiger partial charge in [-0.3, -0.25) is 0 Å². The Morgan fingerprint density at radius 1 is 1.24 bits per heavy atom. The number of alkyl halides is 1. The Balaban J connectivity index is 1.68. The van der Waals surface area contributed by atoms with Crippen molar-refractivity contribution in [3.63, 3.8) is 0 Å². The summed E-state index contributed by atoms with van der Waals surface area (Å²) in [6, 6.07) is 10.3. The molecule has 3 heterocycles. The number of aromatic nitrogens is 3. The second-order valence-electron chi connectivity index (χ2n) is 7.27. The van der Waals surface area contributed by atoms with E-state index in [-0.39, 0.29) is 6.04 Å². The summed E-state index contributed by atoms with van der Waals surface area (Å²) >= 11 is 6.22. The van der Waals surface area contributed by atoms with E-state index in [0.29, 0.717) is 30.5 Å². The number of halogens is 1. The van der Waals surface area contributed by atoms with Crippen molar-refractivity contribution >= 4 is 45.0 Å². The lowest BCUT2D eigenvalue weighted by Crippen LogP contribution is -2.44. The van der Waals surface area contributed by atoms with E-state index < -0.39 is 0 Å². The SMILES string of the molecule is CC1COCCN1c1nncc2cc(-c3c(CCl)ccc4c(N)noc34)ccc12. The molecule has 0 amide bonds. The summed E-state index contributed by atoms with van der Waals surface area (Å²) in [5.74, 6) is 1.61. The van der Waals surface area contributed by atoms with Crippen LogP contribution in [0.4, 0.5) is 11.6 Å². The number of fused-ring (bicyclic) bond motifs is 2. The molecule has 1 fully saturated rings. The molecule has 2 aromatic heterocycles. The van der Waals surface area contributed by atoms with E-state index >= 15 is 0 Å². The van der Waals surface area contributed by atoms with Crippen LogP contribution < -0.4 is 10.6 Å². The number of anilines is 2. The van der Waals surface area contributed by atoms with E-state index in [4.69, 9.17) is 26.6 Å². The van der Waals surface area contributed by atoms with Crippen molar-refractivity contribution in [3.8, 4) is 11.1 Å². The van der Waals surface area contributed by atoms with Crippen LogP contribution in [-0.4, -0.2) is 41.2 Å². The zero-order valence-corrected chi connectivity index (χ0v) is 16.7. The zero-order valence-electron chi connectivity index (χ0n) is 15.9. The van der Waals surface area contributed by atoms with Gasteiger partial charge in [-0.05, 0) is 36.2 Å². The quantitative estimate of drug-likeness (QED) is 0.511. The smallest absolute Gasteiger partial charge is 0.177 e. The van der Waals surface area contributed by atoms with Crippen LogP contribution in [0.3, 0.4) is 0 Å². The Bertz CT molecular complexity index is 1210. The van der Waals surface area contributed by atoms with Crippen molar-refractivity contribution in [2.75, 3.05) is 30.4 Å². The molecule has 8 heteroatoms. The highest BCUT2D eigenvalue weighted by Gasteiger charge is 2.23. The monoisotopic (exact) mass is 409 g/mol. The van der Waals surface area contributed by atoms with Crippen molar-refractivity contribution in [3.05, 3.63) is 42.1 Å². The van der Waals surface area contributed by atoms with Crippen LogP contribution in [0.15, 0.2) is 41.1 Å². The molecule has 1 atom stereocenters. The van der Waals surface area contributed by atoms with Gasteiger partial charge in [0.15, 0.2) is 17.2 Å². The number of hydrogen-bond acceptors (Lipinski definition) is 7. The van der Waals surface area contributed by atoms with Gasteiger partial charge in [-0.15, -0.1) is 16.7 Å². The van der Waals surface area contributed by atoms with E-state index in [2.05, 4.69) is 45.4 Å². The minimum Gasteiger partial charge on any atom is -0.380 e. The fraction of sp³-hybridized carbons (Fsp3) is 0.286. The number of ether oxygens (including phenoxy) is 1. The molecule has 4 aromatic rings. The second-order valence-corrected chi connectivity index (χ2v) is 7.53. The van der Waals surface area contributed by atoms with Crippen LogP contribution in [0, 0.1) is 0 Å². The lowest BCUT2D eigenvalue weighted by molar-refractivity contribution is 0.0986. The summed E-state index contributed by atoms with van der Waals surface area (Å²) in [5.41, 5.74) is 9.43. The minimum atomic E-state index is 0.247. The van der Waals surface area contributed by atoms with Gasteiger partial charge in [-0.25, -0.2) is 0 Å². The van der Waals surface area contributed by atoms with Crippen molar-refractivity contribution in [2.24, 2.45) is 0 Å². The molecular formula is C21H20ClN5O2. The van der Waals surface area contributed by atoms with Gasteiger partial charge in [-0.1, -0.05) is 17.3 Å². The predicted octanol–water partition coefficient (Wildman–Crippen LogP) is 3.98. The van der Waals surface area contributed by atoms with E-state index in [9.17, 15) is 0 Å². The highest BCUT2D eigenvalue weighted by molar-refractivity contribution is 6.18. The number of nitrogens with zero attached hydrogens (tertiary/aromatic N) is 4. The number of benzene rings is 2. The van der Waals surface area contributed by atoms with Crippen molar-refractivity contribution in [2.45, 2.75) is 18.8 Å². The average Bonchev–Trinajstić information content (AvgIpc) is 3.13. The highest BCUT2D eigenvalue weighted by atomic mass is 35.5. The molecule has 7 nitrogen and oxygen atoms in total. The van der Waals surface area contributed by atoms with Gasteiger partial charge >= 0.3 is 0 Å². The lowest BCUT2D eigenvalue weighted by Gasteiger charge is -2.34. The van der Waals surface area contributed by atoms with Crippen molar-refractivity contribution < 1.29 is 9.26 Å². The Kier molecular flexibility index (Phi) is 4.49. The van der Waals surface area contributed by atoms with Gasteiger partial charge in [0, 0.05) is 28.8 Å². The number of nitrogen functional groups attached to an aromatic ring is 1. The third-order valence-electron chi connectivity index (χ3n) is 5.47. The molecule has 2 N–H and O–H groups in total. The van der Waals surface area contributed by atoms with Crippen LogP contribution in [0.25, 0.3) is 32.9 Å². The maximum atomic E-state index is 6.22. The van der Waals surface area contributed by atoms with Crippen LogP contribution in [-0.2, 0) is 10.6 Å². The topological polar surface area (TPSA) is 90.3 Å². The summed E-state index contributed by atoms with van der Waals surface area (Å²) in [6.07, 6.45) is 1.78. The van der Waals surface area contributed by atoms with Crippen LogP contribution in [0.5, 0.6) is 0 Å². The summed E-state index contributed by atoms with van der Waals surface area (Å²) in [7, 11) is 0. The van der Waals surface area contributed by atoms with Crippen LogP contribution in [0.1, 0.15) is 12.5 Å². The zero-order chi connectivity index (χ0) is 20.0. The molecule has 0 radical (unpaired) electrons. The number of morpholine rings is 1. The summed E-state index contributed by atoms with van der Waals surface area (Å²) in [6.45, 7) is 4.30. The van der Waals surface area contributed by atoms with E-state index in [1.807, 2.05) is 12.1 Å². The number of hydrogen-bond donors (Lipinski definition) is 1. The van der Waals surface area contributed by atoms with Crippen molar-refractivity contribution in [1.82, 2.24) is 15.4 Å². The Morgan fingerprint density at radius 3 is 2.93 bits per heavy atom. The van der Waals surface area contributed by atoms with Crippen LogP contribution in [0.2, 0.25) is 0 Å². The van der Waals surface area contributed by atoms with Crippen molar-refractivity contribution in [1.29, 1.82) is 0 Å². The maximum absolute atomic E-state index is 6.22. The molecule has 1 aliphatic rings. The van der Waals surface area contributed by atoms with E-state index in [1.54, 1.807) is 6.20 Å². The fourth-order valence-electron chi connectivity index (χ4n) is 3.97. The predicted molar refractivity (Wildman–Crippen MR) is 114 cm³/mol. The Hall–Kier alpha value is -2.90. The highest BCUT2D eigenvalue weighted by Crippen LogP contribution is 2.37. The first-order valence-electron chi connectivity index (χ1n) is 9.50. The summed E-state index contributed by atoms with van der Waals surface area (Å²) in [4.78, 5) is 2.25. The third-order valence-corrected chi connectivity index (χ3v) is 5.76. The molecule has 1 saturated heterocycles. The molecule has 0 saturated carbocycles. The number of nitrogens with two attached hydrogens (primary N) is 1. The molecule has 1 aliphatic heterocycles. The summed E-state index contributed by atoms with van der Waals surface area (Å²) in [5, 5.41) is 15.4. The maximum Gasteiger partial charge on any atom is 0.177 e. The molecule has 0 spiro atoms. The Morgan fingerprint density at radius 2 is 2.10 bits per heavy atom. The average molecular weight is 410 g/mol. The fourth-order valence-corrected chi connectivity index (χ4v) is 4.20. The minimum absolute atomic E-state index is 0.247. The van der Waals surface area contributed by atoms with Gasteiger partial charge in [0.2, 0.25) is 0 Å². The number of rotatable bonds is 3. The van der Waals surface area contributed by atoms with E-state index in [1.165, 1.54) is 0 Å². The van der Waals surface area contributed by atoms with Crippen LogP contribution >= 0.6 is 11.6 Å². The molecule has 29 heavy (non-hydrogen) atoms. The molecule has 1 unspecified atom stereocenters. The molecule has 2 aromatic carbocycles. The molecule has 0 aliphatic carbocycles. The van der Waals surface area contributed by atoms with Gasteiger partial charge in [-0.2, -0.15) is 5.10 Å². The molecule has 5 rings (SSSR count). The second kappa shape index (κ2) is 7.17. The first-order valence-corrected chi connectivity index (χ1v) is 10.0. The first-order chi connectivity index (χ1) is 14.2. The lowest BCUT2D eigenvalue weighted by atomic mass is 9.96. The third kappa shape index (κ3) is 2.97. The molecular weight excluding hydrogens is 390 g/mol. The molecule has 0 bridgehead atoms. The normalized spacial score (nSPS) is 17.3. The summed E-state index contributed by atoms with van der Waals surface area (Å²) < 4.78 is 11.1. The largest absolute Gasteiger partial charge is 0.380 e. The van der Waals surface area contributed by atoms with E-state index in [0.717, 1.165) is 45.2 Å². The molecule has 148 valence electrons. The van der Waals surface area contributed by atoms with Gasteiger partial charge in [0.1, 0.15) is 0 Å². The standard InChI is InChI=1S/C21H20ClN5O2/c1-12-11-28-7-6-27(12)21-16-4-2-13(8-15(16)10-24-25-21)18-14(9-22)3-5-17-19(18)29-26-20(17)23/h2-5,8,10,12H,6-7,9,11H2,1H3,(H2,23,26). The van der Waals surface area contributed by atoms with Gasteiger partial charge in [0.25, 0.3) is 0 Å². The first kappa shape index (κ1) is 18.1. The van der Waals surface area contributed by atoms with Gasteiger partial charge in [0.05, 0.1) is 30.8 Å². The Labute approximate surface area is 172 Å².